The SMILES string of the molecule is Cc1cc(C)c(C(C)(C=O)c2ccccc2)c(C)c1. The van der Waals surface area contributed by atoms with Crippen LogP contribution >= 0.6 is 0 Å². The van der Waals surface area contributed by atoms with Gasteiger partial charge in [-0.05, 0) is 49.9 Å². The summed E-state index contributed by atoms with van der Waals surface area (Å²) in [5.74, 6) is 0. The topological polar surface area (TPSA) is 17.1 Å². The quantitative estimate of drug-likeness (QED) is 0.751. The molecule has 0 spiro atoms. The van der Waals surface area contributed by atoms with Gasteiger partial charge in [0.2, 0.25) is 0 Å². The molecule has 0 amide bonds. The van der Waals surface area contributed by atoms with E-state index in [2.05, 4.69) is 32.9 Å². The van der Waals surface area contributed by atoms with Crippen molar-refractivity contribution in [3.05, 3.63) is 70.3 Å². The van der Waals surface area contributed by atoms with Gasteiger partial charge in [-0.15, -0.1) is 0 Å². The Kier molecular flexibility index (Phi) is 3.57. The Hall–Kier alpha value is -1.89. The van der Waals surface area contributed by atoms with Gasteiger partial charge in [-0.1, -0.05) is 48.0 Å². The fraction of sp³-hybridized carbons (Fsp3) is 0.278. The van der Waals surface area contributed by atoms with Crippen LogP contribution in [0.3, 0.4) is 0 Å². The Morgan fingerprint density at radius 3 is 1.95 bits per heavy atom. The lowest BCUT2D eigenvalue weighted by atomic mass is 9.73. The Bertz CT molecular complexity index is 575. The van der Waals surface area contributed by atoms with E-state index >= 15 is 0 Å². The van der Waals surface area contributed by atoms with Gasteiger partial charge in [0.25, 0.3) is 0 Å². The van der Waals surface area contributed by atoms with E-state index < -0.39 is 5.41 Å². The lowest BCUT2D eigenvalue weighted by Crippen LogP contribution is -2.27. The molecule has 98 valence electrons. The molecule has 0 radical (unpaired) electrons. The maximum atomic E-state index is 11.8. The molecule has 0 bridgehead atoms. The van der Waals surface area contributed by atoms with Crippen molar-refractivity contribution in [1.29, 1.82) is 0 Å². The summed E-state index contributed by atoms with van der Waals surface area (Å²) in [5, 5.41) is 0. The molecule has 0 fully saturated rings. The zero-order chi connectivity index (χ0) is 14.0. The van der Waals surface area contributed by atoms with Gasteiger partial charge in [0, 0.05) is 0 Å². The summed E-state index contributed by atoms with van der Waals surface area (Å²) >= 11 is 0. The number of aryl methyl sites for hydroxylation is 3. The van der Waals surface area contributed by atoms with Gasteiger partial charge in [0.15, 0.2) is 0 Å². The number of hydrogen-bond acceptors (Lipinski definition) is 1. The first-order chi connectivity index (χ1) is 8.99. The molecule has 0 aliphatic rings. The van der Waals surface area contributed by atoms with E-state index in [4.69, 9.17) is 0 Å². The van der Waals surface area contributed by atoms with Gasteiger partial charge in [0.1, 0.15) is 6.29 Å². The second kappa shape index (κ2) is 5.00. The van der Waals surface area contributed by atoms with Gasteiger partial charge in [-0.25, -0.2) is 0 Å². The van der Waals surface area contributed by atoms with E-state index in [1.165, 1.54) is 16.7 Å². The zero-order valence-electron chi connectivity index (χ0n) is 12.0. The smallest absolute Gasteiger partial charge is 0.134 e. The predicted molar refractivity (Wildman–Crippen MR) is 79.6 cm³/mol. The molecule has 2 aromatic rings. The second-order valence-corrected chi connectivity index (χ2v) is 5.46. The van der Waals surface area contributed by atoms with Gasteiger partial charge in [0.05, 0.1) is 5.41 Å². The first-order valence-corrected chi connectivity index (χ1v) is 6.59. The van der Waals surface area contributed by atoms with Gasteiger partial charge >= 0.3 is 0 Å². The van der Waals surface area contributed by atoms with Crippen LogP contribution in [0.4, 0.5) is 0 Å². The number of hydrogen-bond donors (Lipinski definition) is 0. The van der Waals surface area contributed by atoms with Crippen LogP contribution in [0.2, 0.25) is 0 Å². The second-order valence-electron chi connectivity index (χ2n) is 5.46. The van der Waals surface area contributed by atoms with Crippen LogP contribution < -0.4 is 0 Å². The molecule has 0 saturated heterocycles. The minimum absolute atomic E-state index is 0.580. The third-order valence-corrected chi connectivity index (χ3v) is 3.81. The summed E-state index contributed by atoms with van der Waals surface area (Å²) < 4.78 is 0. The molecule has 0 aromatic heterocycles. The van der Waals surface area contributed by atoms with E-state index in [1.807, 2.05) is 37.3 Å². The van der Waals surface area contributed by atoms with Crippen LogP contribution in [0.25, 0.3) is 0 Å². The van der Waals surface area contributed by atoms with Gasteiger partial charge in [-0.2, -0.15) is 0 Å². The first-order valence-electron chi connectivity index (χ1n) is 6.59. The minimum atomic E-state index is -0.580. The molecule has 1 nitrogen and oxygen atoms in total. The van der Waals surface area contributed by atoms with Crippen molar-refractivity contribution in [2.45, 2.75) is 33.1 Å². The highest BCUT2D eigenvalue weighted by Gasteiger charge is 2.31. The van der Waals surface area contributed by atoms with Crippen LogP contribution in [0.1, 0.15) is 34.7 Å². The standard InChI is InChI=1S/C18H20O/c1-13-10-14(2)17(15(3)11-13)18(4,12-19)16-8-6-5-7-9-16/h5-12H,1-4H3. The van der Waals surface area contributed by atoms with Crippen LogP contribution in [0.5, 0.6) is 0 Å². The van der Waals surface area contributed by atoms with Crippen molar-refractivity contribution in [2.75, 3.05) is 0 Å². The Labute approximate surface area is 115 Å². The summed E-state index contributed by atoms with van der Waals surface area (Å²) in [6.07, 6.45) is 1.06. The van der Waals surface area contributed by atoms with E-state index in [-0.39, 0.29) is 0 Å². The third-order valence-electron chi connectivity index (χ3n) is 3.81. The third kappa shape index (κ3) is 2.33. The Balaban J connectivity index is 2.70. The Morgan fingerprint density at radius 1 is 0.947 bits per heavy atom. The van der Waals surface area contributed by atoms with E-state index in [1.54, 1.807) is 0 Å². The van der Waals surface area contributed by atoms with Crippen molar-refractivity contribution in [1.82, 2.24) is 0 Å². The molecule has 1 atom stereocenters. The lowest BCUT2D eigenvalue weighted by Gasteiger charge is -2.28. The molecule has 1 unspecified atom stereocenters. The molecule has 0 heterocycles. The van der Waals surface area contributed by atoms with Crippen molar-refractivity contribution < 1.29 is 4.79 Å². The highest BCUT2D eigenvalue weighted by atomic mass is 16.1. The molecular formula is C18H20O. The van der Waals surface area contributed by atoms with E-state index in [0.717, 1.165) is 17.4 Å². The van der Waals surface area contributed by atoms with Gasteiger partial charge < -0.3 is 4.79 Å². The van der Waals surface area contributed by atoms with Crippen LogP contribution in [-0.2, 0) is 10.2 Å². The first kappa shape index (κ1) is 13.5. The average Bonchev–Trinajstić information content (AvgIpc) is 2.38. The number of rotatable bonds is 3. The lowest BCUT2D eigenvalue weighted by molar-refractivity contribution is -0.111. The highest BCUT2D eigenvalue weighted by Crippen LogP contribution is 2.34. The molecule has 0 N–H and O–H groups in total. The predicted octanol–water partition coefficient (Wildman–Crippen LogP) is 4.12. The van der Waals surface area contributed by atoms with E-state index in [9.17, 15) is 4.79 Å². The van der Waals surface area contributed by atoms with Crippen molar-refractivity contribution in [3.8, 4) is 0 Å². The fourth-order valence-corrected chi connectivity index (χ4v) is 3.05. The van der Waals surface area contributed by atoms with Crippen LogP contribution in [0, 0.1) is 20.8 Å². The molecule has 2 rings (SSSR count). The largest absolute Gasteiger partial charge is 0.302 e. The molecule has 0 aliphatic carbocycles. The number of aldehydes is 1. The molecule has 0 saturated carbocycles. The highest BCUT2D eigenvalue weighted by molar-refractivity contribution is 5.76. The normalized spacial score (nSPS) is 13.9. The molecule has 1 heteroatoms. The summed E-state index contributed by atoms with van der Waals surface area (Å²) in [4.78, 5) is 11.8. The molecule has 19 heavy (non-hydrogen) atoms. The van der Waals surface area contributed by atoms with E-state index in [0.29, 0.717) is 0 Å². The van der Waals surface area contributed by atoms with Crippen molar-refractivity contribution in [2.24, 2.45) is 0 Å². The van der Waals surface area contributed by atoms with Crippen LogP contribution in [0.15, 0.2) is 42.5 Å². The minimum Gasteiger partial charge on any atom is -0.302 e. The van der Waals surface area contributed by atoms with Crippen LogP contribution in [-0.4, -0.2) is 6.29 Å². The zero-order valence-corrected chi connectivity index (χ0v) is 12.0. The summed E-state index contributed by atoms with van der Waals surface area (Å²) in [7, 11) is 0. The summed E-state index contributed by atoms with van der Waals surface area (Å²) in [5.41, 5.74) is 5.18. The summed E-state index contributed by atoms with van der Waals surface area (Å²) in [6.45, 7) is 8.25. The Morgan fingerprint density at radius 2 is 1.47 bits per heavy atom. The summed E-state index contributed by atoms with van der Waals surface area (Å²) in [6, 6.07) is 14.3. The number of benzene rings is 2. The fourth-order valence-electron chi connectivity index (χ4n) is 3.05. The molecular weight excluding hydrogens is 232 g/mol. The molecule has 2 aromatic carbocycles. The maximum absolute atomic E-state index is 11.8. The van der Waals surface area contributed by atoms with Crippen molar-refractivity contribution in [3.63, 3.8) is 0 Å². The maximum Gasteiger partial charge on any atom is 0.134 e. The van der Waals surface area contributed by atoms with Gasteiger partial charge in [-0.3, -0.25) is 0 Å². The van der Waals surface area contributed by atoms with Crippen molar-refractivity contribution >= 4 is 6.29 Å². The number of carbonyl (C=O) groups is 1. The molecule has 0 aliphatic heterocycles. The average molecular weight is 252 g/mol. The number of carbonyl (C=O) groups excluding carboxylic acids is 1. The monoisotopic (exact) mass is 252 g/mol.